The van der Waals surface area contributed by atoms with Crippen LogP contribution in [0.3, 0.4) is 0 Å². The quantitative estimate of drug-likeness (QED) is 0.902. The first-order valence-electron chi connectivity index (χ1n) is 5.78. The molecule has 5 heteroatoms. The lowest BCUT2D eigenvalue weighted by Crippen LogP contribution is -2.14. The number of hydrogen-bond acceptors (Lipinski definition) is 2. The van der Waals surface area contributed by atoms with Crippen LogP contribution in [0.2, 0.25) is 0 Å². The average Bonchev–Trinajstić information content (AvgIpc) is 2.41. The first-order valence-corrected chi connectivity index (χ1v) is 6.57. The van der Waals surface area contributed by atoms with Crippen LogP contribution in [-0.2, 0) is 0 Å². The minimum atomic E-state index is -0.476. The van der Waals surface area contributed by atoms with Crippen LogP contribution in [0.15, 0.2) is 40.9 Å². The monoisotopic (exact) mass is 332 g/mol. The van der Waals surface area contributed by atoms with E-state index < -0.39 is 11.7 Å². The van der Waals surface area contributed by atoms with E-state index in [-0.39, 0.29) is 5.56 Å². The zero-order chi connectivity index (χ0) is 14.7. The minimum Gasteiger partial charge on any atom is -0.321 e. The first-order chi connectivity index (χ1) is 9.51. The SMILES string of the molecule is Cc1ccc(F)cc1C(=O)Nc1cc(Br)ccc1C#N. The summed E-state index contributed by atoms with van der Waals surface area (Å²) in [6.45, 7) is 1.72. The highest BCUT2D eigenvalue weighted by Gasteiger charge is 2.12. The van der Waals surface area contributed by atoms with Gasteiger partial charge in [0.2, 0.25) is 0 Å². The maximum atomic E-state index is 13.2. The number of rotatable bonds is 2. The summed E-state index contributed by atoms with van der Waals surface area (Å²) in [7, 11) is 0. The minimum absolute atomic E-state index is 0.244. The lowest BCUT2D eigenvalue weighted by atomic mass is 10.1. The summed E-state index contributed by atoms with van der Waals surface area (Å²) < 4.78 is 14.0. The standard InChI is InChI=1S/C15H10BrFN2O/c1-9-2-5-12(17)7-13(9)15(20)19-14-6-11(16)4-3-10(14)8-18/h2-7H,1H3,(H,19,20). The van der Waals surface area contributed by atoms with E-state index in [1.54, 1.807) is 25.1 Å². The molecule has 1 N–H and O–H groups in total. The van der Waals surface area contributed by atoms with Crippen molar-refractivity contribution in [2.45, 2.75) is 6.92 Å². The fourth-order valence-corrected chi connectivity index (χ4v) is 2.11. The van der Waals surface area contributed by atoms with Gasteiger partial charge in [0, 0.05) is 10.0 Å². The van der Waals surface area contributed by atoms with Gasteiger partial charge in [-0.25, -0.2) is 4.39 Å². The molecule has 0 heterocycles. The predicted octanol–water partition coefficient (Wildman–Crippen LogP) is 4.02. The second-order valence-corrected chi connectivity index (χ2v) is 5.13. The maximum Gasteiger partial charge on any atom is 0.256 e. The third kappa shape index (κ3) is 3.03. The second kappa shape index (κ2) is 5.85. The topological polar surface area (TPSA) is 52.9 Å². The summed E-state index contributed by atoms with van der Waals surface area (Å²) in [5.41, 5.74) is 1.64. The largest absolute Gasteiger partial charge is 0.321 e. The number of amides is 1. The van der Waals surface area contributed by atoms with Crippen molar-refractivity contribution in [1.29, 1.82) is 5.26 Å². The number of halogens is 2. The van der Waals surface area contributed by atoms with Crippen LogP contribution in [-0.4, -0.2) is 5.91 Å². The Morgan fingerprint density at radius 3 is 2.75 bits per heavy atom. The highest BCUT2D eigenvalue weighted by Crippen LogP contribution is 2.22. The third-order valence-electron chi connectivity index (χ3n) is 2.79. The maximum absolute atomic E-state index is 13.2. The molecule has 2 rings (SSSR count). The van der Waals surface area contributed by atoms with Crippen molar-refractivity contribution < 1.29 is 9.18 Å². The highest BCUT2D eigenvalue weighted by molar-refractivity contribution is 9.10. The summed E-state index contributed by atoms with van der Waals surface area (Å²) in [6.07, 6.45) is 0. The Balaban J connectivity index is 2.35. The number of hydrogen-bond donors (Lipinski definition) is 1. The van der Waals surface area contributed by atoms with Crippen molar-refractivity contribution in [2.75, 3.05) is 5.32 Å². The van der Waals surface area contributed by atoms with Gasteiger partial charge in [0.15, 0.2) is 0 Å². The van der Waals surface area contributed by atoms with Crippen LogP contribution in [0.25, 0.3) is 0 Å². The van der Waals surface area contributed by atoms with Gasteiger partial charge in [0.1, 0.15) is 11.9 Å². The Hall–Kier alpha value is -2.19. The third-order valence-corrected chi connectivity index (χ3v) is 3.29. The number of anilines is 1. The molecule has 2 aromatic carbocycles. The number of aryl methyl sites for hydroxylation is 1. The zero-order valence-corrected chi connectivity index (χ0v) is 12.2. The smallest absolute Gasteiger partial charge is 0.256 e. The van der Waals surface area contributed by atoms with Gasteiger partial charge in [-0.15, -0.1) is 0 Å². The second-order valence-electron chi connectivity index (χ2n) is 4.22. The van der Waals surface area contributed by atoms with E-state index >= 15 is 0 Å². The van der Waals surface area contributed by atoms with Gasteiger partial charge < -0.3 is 5.32 Å². The lowest BCUT2D eigenvalue weighted by Gasteiger charge is -2.09. The highest BCUT2D eigenvalue weighted by atomic mass is 79.9. The van der Waals surface area contributed by atoms with Crippen molar-refractivity contribution in [3.05, 3.63) is 63.4 Å². The normalized spacial score (nSPS) is 9.90. The Morgan fingerprint density at radius 1 is 1.30 bits per heavy atom. The van der Waals surface area contributed by atoms with Gasteiger partial charge >= 0.3 is 0 Å². The summed E-state index contributed by atoms with van der Waals surface area (Å²) >= 11 is 3.28. The fraction of sp³-hybridized carbons (Fsp3) is 0.0667. The Labute approximate surface area is 124 Å². The molecule has 0 saturated carbocycles. The van der Waals surface area contributed by atoms with Gasteiger partial charge in [-0.2, -0.15) is 5.26 Å². The van der Waals surface area contributed by atoms with Crippen molar-refractivity contribution in [3.8, 4) is 6.07 Å². The lowest BCUT2D eigenvalue weighted by molar-refractivity contribution is 0.102. The molecule has 0 aromatic heterocycles. The molecule has 0 aliphatic heterocycles. The Morgan fingerprint density at radius 2 is 2.05 bits per heavy atom. The predicted molar refractivity (Wildman–Crippen MR) is 77.9 cm³/mol. The molecule has 0 fully saturated rings. The molecule has 0 radical (unpaired) electrons. The molecule has 0 spiro atoms. The van der Waals surface area contributed by atoms with E-state index in [4.69, 9.17) is 5.26 Å². The van der Waals surface area contributed by atoms with Crippen molar-refractivity contribution >= 4 is 27.5 Å². The Kier molecular flexibility index (Phi) is 4.16. The molecule has 0 bridgehead atoms. The molecule has 0 unspecified atom stereocenters. The number of nitrogens with zero attached hydrogens (tertiary/aromatic N) is 1. The van der Waals surface area contributed by atoms with Gasteiger partial charge in [0.25, 0.3) is 5.91 Å². The molecule has 2 aromatic rings. The average molecular weight is 333 g/mol. The first kappa shape index (κ1) is 14.2. The van der Waals surface area contributed by atoms with Crippen molar-refractivity contribution in [1.82, 2.24) is 0 Å². The van der Waals surface area contributed by atoms with Crippen LogP contribution in [0.5, 0.6) is 0 Å². The van der Waals surface area contributed by atoms with Crippen molar-refractivity contribution in [3.63, 3.8) is 0 Å². The van der Waals surface area contributed by atoms with E-state index in [2.05, 4.69) is 21.2 Å². The summed E-state index contributed by atoms with van der Waals surface area (Å²) in [4.78, 5) is 12.2. The van der Waals surface area contributed by atoms with Gasteiger partial charge in [0.05, 0.1) is 11.3 Å². The van der Waals surface area contributed by atoms with E-state index in [1.165, 1.54) is 18.2 Å². The number of nitriles is 1. The van der Waals surface area contributed by atoms with Crippen LogP contribution in [0.4, 0.5) is 10.1 Å². The summed E-state index contributed by atoms with van der Waals surface area (Å²) in [5.74, 6) is -0.924. The molecule has 1 amide bonds. The molecule has 20 heavy (non-hydrogen) atoms. The van der Waals surface area contributed by atoms with E-state index in [9.17, 15) is 9.18 Å². The molecule has 0 atom stereocenters. The van der Waals surface area contributed by atoms with Crippen LogP contribution >= 0.6 is 15.9 Å². The summed E-state index contributed by atoms with van der Waals surface area (Å²) in [5, 5.41) is 11.6. The van der Waals surface area contributed by atoms with E-state index in [0.29, 0.717) is 16.8 Å². The van der Waals surface area contributed by atoms with Crippen molar-refractivity contribution in [2.24, 2.45) is 0 Å². The zero-order valence-electron chi connectivity index (χ0n) is 10.6. The van der Waals surface area contributed by atoms with Crippen LogP contribution in [0, 0.1) is 24.1 Å². The molecular formula is C15H10BrFN2O. The number of carbonyl (C=O) groups is 1. The number of benzene rings is 2. The van der Waals surface area contributed by atoms with E-state index in [0.717, 1.165) is 4.47 Å². The molecular weight excluding hydrogens is 323 g/mol. The molecule has 100 valence electrons. The molecule has 0 saturated heterocycles. The van der Waals surface area contributed by atoms with E-state index in [1.807, 2.05) is 6.07 Å². The molecule has 3 nitrogen and oxygen atoms in total. The molecule has 0 aliphatic rings. The summed E-state index contributed by atoms with van der Waals surface area (Å²) in [6, 6.07) is 10.9. The fourth-order valence-electron chi connectivity index (χ4n) is 1.75. The number of carbonyl (C=O) groups excluding carboxylic acids is 1. The molecule has 0 aliphatic carbocycles. The number of nitrogens with one attached hydrogen (secondary N) is 1. The van der Waals surface area contributed by atoms with Crippen LogP contribution in [0.1, 0.15) is 21.5 Å². The van der Waals surface area contributed by atoms with Crippen LogP contribution < -0.4 is 5.32 Å². The van der Waals surface area contributed by atoms with Gasteiger partial charge in [-0.05, 0) is 42.8 Å². The van der Waals surface area contributed by atoms with Gasteiger partial charge in [-0.3, -0.25) is 4.79 Å². The Bertz CT molecular complexity index is 722. The van der Waals surface area contributed by atoms with Gasteiger partial charge in [-0.1, -0.05) is 22.0 Å².